The van der Waals surface area contributed by atoms with Crippen LogP contribution in [0.5, 0.6) is 0 Å². The second-order valence-electron chi connectivity index (χ2n) is 8.51. The highest BCUT2D eigenvalue weighted by molar-refractivity contribution is 6.61. The van der Waals surface area contributed by atoms with Gasteiger partial charge in [0.2, 0.25) is 0 Å². The smallest absolute Gasteiger partial charge is 0.467 e. The lowest BCUT2D eigenvalue weighted by Crippen LogP contribution is -2.51. The van der Waals surface area contributed by atoms with Crippen LogP contribution in [0.3, 0.4) is 0 Å². The molecular formula is C28H31BN2O7. The van der Waals surface area contributed by atoms with Crippen LogP contribution in [-0.4, -0.2) is 63.5 Å². The molecule has 2 amide bonds. The molecule has 38 heavy (non-hydrogen) atoms. The van der Waals surface area contributed by atoms with E-state index >= 15 is 0 Å². The Bertz CT molecular complexity index is 1190. The Labute approximate surface area is 222 Å². The number of aliphatic hydroxyl groups excluding tert-OH is 1. The van der Waals surface area contributed by atoms with Crippen molar-refractivity contribution in [3.8, 4) is 0 Å². The van der Waals surface area contributed by atoms with Crippen LogP contribution < -0.4 is 16.1 Å². The van der Waals surface area contributed by atoms with Gasteiger partial charge < -0.3 is 29.8 Å². The summed E-state index contributed by atoms with van der Waals surface area (Å²) in [5.41, 5.74) is 2.42. The quantitative estimate of drug-likeness (QED) is 0.245. The Morgan fingerprint density at radius 3 is 1.95 bits per heavy atom. The highest BCUT2D eigenvalue weighted by atomic mass is 16.6. The van der Waals surface area contributed by atoms with E-state index in [1.807, 2.05) is 0 Å². The van der Waals surface area contributed by atoms with E-state index in [2.05, 4.69) is 10.6 Å². The number of hydrogen-bond acceptors (Lipinski definition) is 7. The molecule has 0 radical (unpaired) electrons. The molecule has 0 unspecified atom stereocenters. The zero-order chi connectivity index (χ0) is 27.5. The Morgan fingerprint density at radius 2 is 1.39 bits per heavy atom. The third-order valence-corrected chi connectivity index (χ3v) is 5.99. The van der Waals surface area contributed by atoms with Gasteiger partial charge in [0.15, 0.2) is 6.10 Å². The molecule has 0 spiro atoms. The van der Waals surface area contributed by atoms with Gasteiger partial charge in [-0.25, -0.2) is 4.79 Å². The lowest BCUT2D eigenvalue weighted by atomic mass is 9.78. The molecule has 0 saturated heterocycles. The average Bonchev–Trinajstić information content (AvgIpc) is 2.97. The average molecular weight is 518 g/mol. The number of ether oxygens (including phenoxy) is 1. The van der Waals surface area contributed by atoms with E-state index in [-0.39, 0.29) is 6.42 Å². The SMILES string of the molecule is COB(OC)c1ccc(C[C@@H](NC(=O)[C@H](O)[C@@H](NC(=O)c2ccccc2)c2ccccc2)C(=O)OC)cc1. The molecule has 0 saturated carbocycles. The molecule has 3 atom stereocenters. The summed E-state index contributed by atoms with van der Waals surface area (Å²) >= 11 is 0. The van der Waals surface area contributed by atoms with E-state index in [1.165, 1.54) is 21.3 Å². The molecule has 0 aromatic heterocycles. The number of rotatable bonds is 12. The number of aliphatic hydroxyl groups is 1. The van der Waals surface area contributed by atoms with Crippen LogP contribution in [0.2, 0.25) is 0 Å². The van der Waals surface area contributed by atoms with Crippen LogP contribution in [0.4, 0.5) is 0 Å². The van der Waals surface area contributed by atoms with Crippen molar-refractivity contribution in [2.45, 2.75) is 24.6 Å². The predicted molar refractivity (Wildman–Crippen MR) is 143 cm³/mol. The second kappa shape index (κ2) is 14.1. The molecule has 3 N–H and O–H groups in total. The maximum atomic E-state index is 13.2. The van der Waals surface area contributed by atoms with E-state index < -0.39 is 43.1 Å². The molecule has 10 heteroatoms. The highest BCUT2D eigenvalue weighted by Crippen LogP contribution is 2.19. The first-order chi connectivity index (χ1) is 18.4. The third kappa shape index (κ3) is 7.52. The predicted octanol–water partition coefficient (Wildman–Crippen LogP) is 1.41. The lowest BCUT2D eigenvalue weighted by molar-refractivity contribution is -0.146. The Hall–Kier alpha value is -3.99. The van der Waals surface area contributed by atoms with Gasteiger partial charge in [0, 0.05) is 26.2 Å². The van der Waals surface area contributed by atoms with Crippen LogP contribution in [-0.2, 0) is 30.1 Å². The molecule has 0 bridgehead atoms. The summed E-state index contributed by atoms with van der Waals surface area (Å²) in [4.78, 5) is 38.5. The first-order valence-corrected chi connectivity index (χ1v) is 12.0. The van der Waals surface area contributed by atoms with Crippen LogP contribution in [0.1, 0.15) is 27.5 Å². The molecule has 0 aliphatic carbocycles. The number of hydrogen-bond donors (Lipinski definition) is 3. The molecular weight excluding hydrogens is 487 g/mol. The largest absolute Gasteiger partial charge is 0.493 e. The third-order valence-electron chi connectivity index (χ3n) is 5.99. The zero-order valence-electron chi connectivity index (χ0n) is 21.5. The second-order valence-corrected chi connectivity index (χ2v) is 8.51. The maximum Gasteiger partial charge on any atom is 0.493 e. The standard InChI is InChI=1S/C28H31BN2O7/c1-36-28(35)23(18-19-14-16-22(17-15-19)29(37-2)38-3)30-27(34)25(32)24(20-10-6-4-7-11-20)31-26(33)21-12-8-5-9-13-21/h4-17,23-25,32H,18H2,1-3H3,(H,30,34)(H,31,33)/t23-,24+,25-/m1/s1. The molecule has 3 aromatic rings. The molecule has 0 aliphatic rings. The Balaban J connectivity index is 1.78. The molecule has 198 valence electrons. The molecule has 0 fully saturated rings. The summed E-state index contributed by atoms with van der Waals surface area (Å²) in [5.74, 6) is -1.97. The van der Waals surface area contributed by atoms with Crippen LogP contribution >= 0.6 is 0 Å². The van der Waals surface area contributed by atoms with Gasteiger partial charge in [0.1, 0.15) is 6.04 Å². The van der Waals surface area contributed by atoms with Crippen molar-refractivity contribution in [1.29, 1.82) is 0 Å². The number of carbonyl (C=O) groups excluding carboxylic acids is 3. The minimum absolute atomic E-state index is 0.114. The van der Waals surface area contributed by atoms with Crippen molar-refractivity contribution in [2.75, 3.05) is 21.3 Å². The number of nitrogens with one attached hydrogen (secondary N) is 2. The fourth-order valence-corrected chi connectivity index (χ4v) is 3.98. The Kier molecular flexibility index (Phi) is 10.6. The van der Waals surface area contributed by atoms with Gasteiger partial charge in [-0.3, -0.25) is 9.59 Å². The van der Waals surface area contributed by atoms with Gasteiger partial charge in [-0.1, -0.05) is 72.8 Å². The van der Waals surface area contributed by atoms with Crippen molar-refractivity contribution in [3.63, 3.8) is 0 Å². The summed E-state index contributed by atoms with van der Waals surface area (Å²) in [7, 11) is 3.74. The summed E-state index contributed by atoms with van der Waals surface area (Å²) in [6, 6.07) is 22.1. The van der Waals surface area contributed by atoms with E-state index in [9.17, 15) is 19.5 Å². The van der Waals surface area contributed by atoms with Crippen molar-refractivity contribution in [3.05, 3.63) is 102 Å². The van der Waals surface area contributed by atoms with Gasteiger partial charge in [0.25, 0.3) is 11.8 Å². The molecule has 0 heterocycles. The van der Waals surface area contributed by atoms with Crippen molar-refractivity contribution >= 4 is 30.4 Å². The van der Waals surface area contributed by atoms with E-state index in [0.717, 1.165) is 11.0 Å². The summed E-state index contributed by atoms with van der Waals surface area (Å²) in [6.07, 6.45) is -1.58. The molecule has 9 nitrogen and oxygen atoms in total. The van der Waals surface area contributed by atoms with Gasteiger partial charge in [-0.05, 0) is 28.7 Å². The van der Waals surface area contributed by atoms with Crippen molar-refractivity contribution in [1.82, 2.24) is 10.6 Å². The van der Waals surface area contributed by atoms with Crippen molar-refractivity contribution in [2.24, 2.45) is 0 Å². The van der Waals surface area contributed by atoms with Gasteiger partial charge in [-0.15, -0.1) is 0 Å². The minimum atomic E-state index is -1.69. The van der Waals surface area contributed by atoms with Crippen LogP contribution in [0.25, 0.3) is 0 Å². The fourth-order valence-electron chi connectivity index (χ4n) is 3.98. The van der Waals surface area contributed by atoms with E-state index in [4.69, 9.17) is 14.0 Å². The molecule has 3 rings (SSSR count). The van der Waals surface area contributed by atoms with Crippen LogP contribution in [0.15, 0.2) is 84.9 Å². The van der Waals surface area contributed by atoms with Gasteiger partial charge in [0.05, 0.1) is 13.2 Å². The highest BCUT2D eigenvalue weighted by Gasteiger charge is 2.32. The van der Waals surface area contributed by atoms with E-state index in [0.29, 0.717) is 11.1 Å². The monoisotopic (exact) mass is 518 g/mol. The summed E-state index contributed by atoms with van der Waals surface area (Å²) in [6.45, 7) is 0. The van der Waals surface area contributed by atoms with E-state index in [1.54, 1.807) is 84.9 Å². The number of benzene rings is 3. The first-order valence-electron chi connectivity index (χ1n) is 12.0. The first kappa shape index (κ1) is 28.6. The molecule has 0 aliphatic heterocycles. The minimum Gasteiger partial charge on any atom is -0.467 e. The number of carbonyl (C=O) groups is 3. The number of esters is 1. The fraction of sp³-hybridized carbons (Fsp3) is 0.250. The number of methoxy groups -OCH3 is 1. The maximum absolute atomic E-state index is 13.2. The number of amides is 2. The summed E-state index contributed by atoms with van der Waals surface area (Å²) in [5, 5.41) is 16.4. The topological polar surface area (TPSA) is 123 Å². The van der Waals surface area contributed by atoms with Crippen molar-refractivity contribution < 1.29 is 33.5 Å². The summed E-state index contributed by atoms with van der Waals surface area (Å²) < 4.78 is 15.4. The lowest BCUT2D eigenvalue weighted by Gasteiger charge is -2.26. The van der Waals surface area contributed by atoms with Gasteiger partial charge in [-0.2, -0.15) is 0 Å². The molecule has 3 aromatic carbocycles. The zero-order valence-corrected chi connectivity index (χ0v) is 21.5. The Morgan fingerprint density at radius 1 is 0.816 bits per heavy atom. The van der Waals surface area contributed by atoms with Crippen LogP contribution in [0, 0.1) is 0 Å². The normalized spacial score (nSPS) is 13.1. The van der Waals surface area contributed by atoms with Gasteiger partial charge >= 0.3 is 13.1 Å².